The summed E-state index contributed by atoms with van der Waals surface area (Å²) < 4.78 is 5.05. The summed E-state index contributed by atoms with van der Waals surface area (Å²) in [5, 5.41) is 7.54. The Labute approximate surface area is 288 Å². The predicted molar refractivity (Wildman–Crippen MR) is 211 cm³/mol. The lowest BCUT2D eigenvalue weighted by Crippen LogP contribution is -2.10. The number of nitrogens with zero attached hydrogens (tertiary/aromatic N) is 2. The van der Waals surface area contributed by atoms with E-state index in [4.69, 9.17) is 0 Å². The van der Waals surface area contributed by atoms with Gasteiger partial charge in [-0.25, -0.2) is 0 Å². The molecule has 2 heterocycles. The first-order chi connectivity index (χ1) is 24.3. The number of hydrogen-bond acceptors (Lipinski definition) is 2. The molecule has 230 valence electrons. The maximum atomic E-state index is 2.43. The number of benzene rings is 8. The van der Waals surface area contributed by atoms with Crippen LogP contribution in [0, 0.1) is 0 Å². The Bertz CT molecular complexity index is 2830. The van der Waals surface area contributed by atoms with Crippen molar-refractivity contribution in [2.45, 2.75) is 0 Å². The number of anilines is 3. The third kappa shape index (κ3) is 4.55. The summed E-state index contributed by atoms with van der Waals surface area (Å²) in [6, 6.07) is 66.3. The zero-order valence-electron chi connectivity index (χ0n) is 26.6. The van der Waals surface area contributed by atoms with Crippen LogP contribution in [0.15, 0.2) is 182 Å². The molecule has 0 aliphatic rings. The van der Waals surface area contributed by atoms with Gasteiger partial charge in [0.2, 0.25) is 0 Å². The van der Waals surface area contributed by atoms with E-state index in [0.717, 1.165) is 22.7 Å². The smallest absolute Gasteiger partial charge is 0.0620 e. The van der Waals surface area contributed by atoms with Gasteiger partial charge in [-0.15, -0.1) is 11.3 Å². The fourth-order valence-corrected chi connectivity index (χ4v) is 8.59. The van der Waals surface area contributed by atoms with Gasteiger partial charge in [0.15, 0.2) is 0 Å². The number of rotatable bonds is 5. The second kappa shape index (κ2) is 11.2. The minimum atomic E-state index is 1.12. The monoisotopic (exact) mass is 642 g/mol. The molecule has 8 aromatic carbocycles. The van der Waals surface area contributed by atoms with Crippen molar-refractivity contribution in [3.05, 3.63) is 182 Å². The molecule has 0 aliphatic heterocycles. The fourth-order valence-electron chi connectivity index (χ4n) is 7.51. The van der Waals surface area contributed by atoms with Crippen LogP contribution in [0.5, 0.6) is 0 Å². The largest absolute Gasteiger partial charge is 0.310 e. The summed E-state index contributed by atoms with van der Waals surface area (Å²) >= 11 is 1.86. The molecule has 10 rings (SSSR count). The maximum Gasteiger partial charge on any atom is 0.0620 e. The van der Waals surface area contributed by atoms with Gasteiger partial charge in [0.05, 0.1) is 11.0 Å². The number of para-hydroxylation sites is 2. The lowest BCUT2D eigenvalue weighted by molar-refractivity contribution is 1.19. The van der Waals surface area contributed by atoms with E-state index in [-0.39, 0.29) is 0 Å². The number of hydrogen-bond donors (Lipinski definition) is 0. The van der Waals surface area contributed by atoms with Gasteiger partial charge in [-0.2, -0.15) is 0 Å². The first-order valence-electron chi connectivity index (χ1n) is 16.7. The molecule has 0 spiro atoms. The van der Waals surface area contributed by atoms with Crippen molar-refractivity contribution in [1.82, 2.24) is 4.57 Å². The highest BCUT2D eigenvalue weighted by molar-refractivity contribution is 7.25. The molecule has 0 aliphatic carbocycles. The molecule has 2 aromatic heterocycles. The van der Waals surface area contributed by atoms with Crippen LogP contribution in [0.25, 0.3) is 69.6 Å². The summed E-state index contributed by atoms with van der Waals surface area (Å²) in [7, 11) is 0. The Morgan fingerprint density at radius 2 is 1.02 bits per heavy atom. The van der Waals surface area contributed by atoms with Crippen molar-refractivity contribution < 1.29 is 0 Å². The summed E-state index contributed by atoms with van der Waals surface area (Å²) in [6.45, 7) is 0. The van der Waals surface area contributed by atoms with Crippen LogP contribution < -0.4 is 4.90 Å². The standard InChI is InChI=1S/C46H30N2S/c1-3-12-31(13-4-1)33-14-11-17-35(28-33)47(37-25-27-45-42(30-37)39-19-8-10-21-44(39)49-45)36-24-22-32-23-26-40-38-18-7-9-20-43(38)48(46(40)41(32)29-36)34-15-5-2-6-16-34/h1-30H. The average Bonchev–Trinajstić information content (AvgIpc) is 3.72. The van der Waals surface area contributed by atoms with Gasteiger partial charge in [-0.3, -0.25) is 0 Å². The first kappa shape index (κ1) is 27.9. The first-order valence-corrected chi connectivity index (χ1v) is 17.5. The molecule has 0 saturated carbocycles. The predicted octanol–water partition coefficient (Wildman–Crippen LogP) is 13.4. The van der Waals surface area contributed by atoms with E-state index in [1.807, 2.05) is 11.3 Å². The molecule has 0 radical (unpaired) electrons. The highest BCUT2D eigenvalue weighted by atomic mass is 32.1. The van der Waals surface area contributed by atoms with E-state index in [1.54, 1.807) is 0 Å². The van der Waals surface area contributed by atoms with E-state index in [0.29, 0.717) is 0 Å². The van der Waals surface area contributed by atoms with E-state index in [9.17, 15) is 0 Å². The molecule has 3 heteroatoms. The molecule has 0 atom stereocenters. The van der Waals surface area contributed by atoms with Crippen molar-refractivity contribution in [3.8, 4) is 16.8 Å². The normalized spacial score (nSPS) is 11.7. The summed E-state index contributed by atoms with van der Waals surface area (Å²) in [5.41, 5.74) is 9.37. The van der Waals surface area contributed by atoms with Crippen LogP contribution in [-0.4, -0.2) is 4.57 Å². The molecular weight excluding hydrogens is 613 g/mol. The van der Waals surface area contributed by atoms with Crippen LogP contribution >= 0.6 is 11.3 Å². The lowest BCUT2D eigenvalue weighted by Gasteiger charge is -2.27. The van der Waals surface area contributed by atoms with Crippen LogP contribution in [-0.2, 0) is 0 Å². The molecule has 0 amide bonds. The van der Waals surface area contributed by atoms with Crippen LogP contribution in [0.3, 0.4) is 0 Å². The third-order valence-electron chi connectivity index (χ3n) is 9.74. The minimum Gasteiger partial charge on any atom is -0.310 e. The quantitative estimate of drug-likeness (QED) is 0.181. The van der Waals surface area contributed by atoms with E-state index in [2.05, 4.69) is 191 Å². The Balaban J connectivity index is 1.26. The Kier molecular flexibility index (Phi) is 6.39. The third-order valence-corrected chi connectivity index (χ3v) is 10.9. The van der Waals surface area contributed by atoms with Gasteiger partial charge < -0.3 is 9.47 Å². The van der Waals surface area contributed by atoms with E-state index < -0.39 is 0 Å². The molecular formula is C46H30N2S. The Hall–Kier alpha value is -6.16. The molecule has 2 nitrogen and oxygen atoms in total. The second-order valence-corrected chi connectivity index (χ2v) is 13.7. The summed E-state index contributed by atoms with van der Waals surface area (Å²) in [5.74, 6) is 0. The van der Waals surface area contributed by atoms with Gasteiger partial charge in [-0.05, 0) is 83.2 Å². The summed E-state index contributed by atoms with van der Waals surface area (Å²) in [6.07, 6.45) is 0. The molecule has 0 bridgehead atoms. The number of aromatic nitrogens is 1. The zero-order chi connectivity index (χ0) is 32.3. The highest BCUT2D eigenvalue weighted by Crippen LogP contribution is 2.44. The Morgan fingerprint density at radius 3 is 1.88 bits per heavy atom. The number of thiophene rings is 1. The highest BCUT2D eigenvalue weighted by Gasteiger charge is 2.19. The SMILES string of the molecule is c1ccc(-c2cccc(N(c3ccc4sc5ccccc5c4c3)c3ccc4ccc5c6ccccc6n(-c6ccccc6)c5c4c3)c2)cc1. The molecule has 0 unspecified atom stereocenters. The van der Waals surface area contributed by atoms with Crippen LogP contribution in [0.4, 0.5) is 17.1 Å². The Morgan fingerprint density at radius 1 is 0.388 bits per heavy atom. The second-order valence-electron chi connectivity index (χ2n) is 12.6. The molecule has 10 aromatic rings. The van der Waals surface area contributed by atoms with Gasteiger partial charge >= 0.3 is 0 Å². The fraction of sp³-hybridized carbons (Fsp3) is 0. The lowest BCUT2D eigenvalue weighted by atomic mass is 10.0. The van der Waals surface area contributed by atoms with Crippen LogP contribution in [0.1, 0.15) is 0 Å². The molecule has 0 N–H and O–H groups in total. The maximum absolute atomic E-state index is 2.43. The number of fused-ring (bicyclic) bond motifs is 8. The topological polar surface area (TPSA) is 8.17 Å². The van der Waals surface area contributed by atoms with E-state index in [1.165, 1.54) is 63.9 Å². The van der Waals surface area contributed by atoms with Crippen molar-refractivity contribution in [2.75, 3.05) is 4.90 Å². The van der Waals surface area contributed by atoms with E-state index >= 15 is 0 Å². The van der Waals surface area contributed by atoms with Crippen LogP contribution in [0.2, 0.25) is 0 Å². The van der Waals surface area contributed by atoms with Crippen molar-refractivity contribution in [3.63, 3.8) is 0 Å². The van der Waals surface area contributed by atoms with Crippen molar-refractivity contribution in [2.24, 2.45) is 0 Å². The van der Waals surface area contributed by atoms with Gasteiger partial charge in [-0.1, -0.05) is 115 Å². The molecule has 0 saturated heterocycles. The molecule has 0 fully saturated rings. The van der Waals surface area contributed by atoms with Gasteiger partial charge in [0.1, 0.15) is 0 Å². The summed E-state index contributed by atoms with van der Waals surface area (Å²) in [4.78, 5) is 2.42. The average molecular weight is 643 g/mol. The van der Waals surface area contributed by atoms with Gasteiger partial charge in [0, 0.05) is 59.1 Å². The minimum absolute atomic E-state index is 1.12. The molecule has 49 heavy (non-hydrogen) atoms. The van der Waals surface area contributed by atoms with Crippen molar-refractivity contribution in [1.29, 1.82) is 0 Å². The zero-order valence-corrected chi connectivity index (χ0v) is 27.4. The van der Waals surface area contributed by atoms with Gasteiger partial charge in [0.25, 0.3) is 0 Å². The van der Waals surface area contributed by atoms with Crippen molar-refractivity contribution >= 4 is 81.1 Å².